The highest BCUT2D eigenvalue weighted by molar-refractivity contribution is 7.92. The van der Waals surface area contributed by atoms with E-state index in [0.29, 0.717) is 23.0 Å². The molecule has 0 bridgehead atoms. The zero-order chi connectivity index (χ0) is 19.6. The molecule has 8 heteroatoms. The highest BCUT2D eigenvalue weighted by Gasteiger charge is 2.37. The fourth-order valence-corrected chi connectivity index (χ4v) is 4.42. The summed E-state index contributed by atoms with van der Waals surface area (Å²) in [6, 6.07) is 11.3. The molecule has 0 aromatic heterocycles. The van der Waals surface area contributed by atoms with Crippen LogP contribution in [0.5, 0.6) is 5.75 Å². The molecule has 0 saturated carbocycles. The quantitative estimate of drug-likeness (QED) is 0.824. The van der Waals surface area contributed by atoms with Crippen LogP contribution < -0.4 is 14.4 Å². The first kappa shape index (κ1) is 19.5. The molecule has 1 aliphatic rings. The van der Waals surface area contributed by atoms with Gasteiger partial charge in [0.25, 0.3) is 15.9 Å². The minimum absolute atomic E-state index is 0.126. The SMILES string of the molecule is CCCNC(=O)C1CN(S(=O)(=O)c2ccc(C)cc2)c2cc(Cl)ccc2O1. The molecule has 2 aromatic rings. The number of nitrogens with zero attached hydrogens (tertiary/aromatic N) is 1. The van der Waals surface area contributed by atoms with Gasteiger partial charge in [-0.2, -0.15) is 0 Å². The van der Waals surface area contributed by atoms with E-state index in [1.54, 1.807) is 36.4 Å². The molecule has 0 radical (unpaired) electrons. The van der Waals surface area contributed by atoms with Gasteiger partial charge in [0.15, 0.2) is 6.10 Å². The number of nitrogens with one attached hydrogen (secondary N) is 1. The summed E-state index contributed by atoms with van der Waals surface area (Å²) in [5, 5.41) is 3.14. The van der Waals surface area contributed by atoms with Crippen LogP contribution in [-0.4, -0.2) is 33.5 Å². The second-order valence-corrected chi connectivity index (χ2v) is 8.66. The molecule has 1 atom stereocenters. The lowest BCUT2D eigenvalue weighted by atomic mass is 10.2. The maximum atomic E-state index is 13.3. The predicted molar refractivity (Wildman–Crippen MR) is 105 cm³/mol. The summed E-state index contributed by atoms with van der Waals surface area (Å²) in [5.41, 5.74) is 1.28. The number of amides is 1. The van der Waals surface area contributed by atoms with E-state index in [1.807, 2.05) is 13.8 Å². The van der Waals surface area contributed by atoms with Gasteiger partial charge in [0, 0.05) is 11.6 Å². The number of aryl methyl sites for hydroxylation is 1. The molecule has 3 rings (SSSR count). The first-order chi connectivity index (χ1) is 12.8. The average Bonchev–Trinajstić information content (AvgIpc) is 2.65. The van der Waals surface area contributed by atoms with Crippen LogP contribution in [0.25, 0.3) is 0 Å². The van der Waals surface area contributed by atoms with Gasteiger partial charge in [-0.3, -0.25) is 9.10 Å². The molecule has 1 N–H and O–H groups in total. The standard InChI is InChI=1S/C19H21ClN2O4S/c1-3-10-21-19(23)18-12-22(16-11-14(20)6-9-17(16)26-18)27(24,25)15-7-4-13(2)5-8-15/h4-9,11,18H,3,10,12H2,1-2H3,(H,21,23). The Labute approximate surface area is 164 Å². The van der Waals surface area contributed by atoms with E-state index in [2.05, 4.69) is 5.32 Å². The van der Waals surface area contributed by atoms with E-state index < -0.39 is 16.1 Å². The number of benzene rings is 2. The monoisotopic (exact) mass is 408 g/mol. The number of hydrogen-bond acceptors (Lipinski definition) is 4. The van der Waals surface area contributed by atoms with Crippen molar-refractivity contribution in [3.05, 3.63) is 53.1 Å². The Morgan fingerprint density at radius 1 is 1.26 bits per heavy atom. The van der Waals surface area contributed by atoms with Gasteiger partial charge >= 0.3 is 0 Å². The predicted octanol–water partition coefficient (Wildman–Crippen LogP) is 3.13. The second kappa shape index (κ2) is 7.78. The molecule has 1 amide bonds. The van der Waals surface area contributed by atoms with Crippen LogP contribution >= 0.6 is 11.6 Å². The topological polar surface area (TPSA) is 75.7 Å². The van der Waals surface area contributed by atoms with Crippen molar-refractivity contribution in [3.63, 3.8) is 0 Å². The third-order valence-electron chi connectivity index (χ3n) is 4.24. The lowest BCUT2D eigenvalue weighted by Crippen LogP contribution is -2.50. The van der Waals surface area contributed by atoms with Gasteiger partial charge in [-0.1, -0.05) is 36.2 Å². The summed E-state index contributed by atoms with van der Waals surface area (Å²) < 4.78 is 33.4. The summed E-state index contributed by atoms with van der Waals surface area (Å²) in [7, 11) is -3.88. The lowest BCUT2D eigenvalue weighted by molar-refractivity contribution is -0.127. The average molecular weight is 409 g/mol. The Balaban J connectivity index is 2.02. The molecule has 0 aliphatic carbocycles. The normalized spacial score (nSPS) is 16.4. The molecular formula is C19H21ClN2O4S. The zero-order valence-electron chi connectivity index (χ0n) is 15.1. The molecular weight excluding hydrogens is 388 g/mol. The smallest absolute Gasteiger partial charge is 0.264 e. The zero-order valence-corrected chi connectivity index (χ0v) is 16.7. The number of anilines is 1. The van der Waals surface area contributed by atoms with Crippen LogP contribution in [-0.2, 0) is 14.8 Å². The second-order valence-electron chi connectivity index (χ2n) is 6.36. The van der Waals surface area contributed by atoms with Gasteiger partial charge in [-0.15, -0.1) is 0 Å². The van der Waals surface area contributed by atoms with Gasteiger partial charge in [0.2, 0.25) is 0 Å². The van der Waals surface area contributed by atoms with E-state index in [4.69, 9.17) is 16.3 Å². The number of halogens is 1. The number of sulfonamides is 1. The maximum Gasteiger partial charge on any atom is 0.264 e. The Bertz CT molecular complexity index is 945. The third kappa shape index (κ3) is 4.04. The van der Waals surface area contributed by atoms with Crippen LogP contribution in [0.1, 0.15) is 18.9 Å². The highest BCUT2D eigenvalue weighted by atomic mass is 35.5. The number of rotatable bonds is 5. The summed E-state index contributed by atoms with van der Waals surface area (Å²) in [6.45, 7) is 4.19. The van der Waals surface area contributed by atoms with Gasteiger partial charge in [-0.05, 0) is 43.7 Å². The van der Waals surface area contributed by atoms with E-state index in [9.17, 15) is 13.2 Å². The van der Waals surface area contributed by atoms with Crippen molar-refractivity contribution in [2.75, 3.05) is 17.4 Å². The Kier molecular flexibility index (Phi) is 5.62. The van der Waals surface area contributed by atoms with Gasteiger partial charge in [-0.25, -0.2) is 8.42 Å². The van der Waals surface area contributed by atoms with Crippen molar-refractivity contribution in [2.24, 2.45) is 0 Å². The van der Waals surface area contributed by atoms with Crippen LogP contribution in [0.4, 0.5) is 5.69 Å². The molecule has 27 heavy (non-hydrogen) atoms. The number of hydrogen-bond donors (Lipinski definition) is 1. The molecule has 144 valence electrons. The van der Waals surface area contributed by atoms with Gasteiger partial charge in [0.05, 0.1) is 17.1 Å². The molecule has 0 fully saturated rings. The molecule has 1 unspecified atom stereocenters. The highest BCUT2D eigenvalue weighted by Crippen LogP contribution is 2.38. The minimum atomic E-state index is -3.88. The molecule has 2 aromatic carbocycles. The van der Waals surface area contributed by atoms with Crippen LogP contribution in [0.15, 0.2) is 47.4 Å². The van der Waals surface area contributed by atoms with Crippen molar-refractivity contribution in [1.82, 2.24) is 5.32 Å². The lowest BCUT2D eigenvalue weighted by Gasteiger charge is -2.34. The maximum absolute atomic E-state index is 13.3. The summed E-state index contributed by atoms with van der Waals surface area (Å²) in [4.78, 5) is 12.6. The van der Waals surface area contributed by atoms with E-state index in [1.165, 1.54) is 10.4 Å². The Morgan fingerprint density at radius 2 is 1.96 bits per heavy atom. The third-order valence-corrected chi connectivity index (χ3v) is 6.27. The fourth-order valence-electron chi connectivity index (χ4n) is 2.79. The Morgan fingerprint density at radius 3 is 2.63 bits per heavy atom. The first-order valence-corrected chi connectivity index (χ1v) is 10.5. The largest absolute Gasteiger partial charge is 0.476 e. The first-order valence-electron chi connectivity index (χ1n) is 8.66. The van der Waals surface area contributed by atoms with E-state index in [-0.39, 0.29) is 17.3 Å². The van der Waals surface area contributed by atoms with Crippen LogP contribution in [0, 0.1) is 6.92 Å². The Hall–Kier alpha value is -2.25. The van der Waals surface area contributed by atoms with E-state index in [0.717, 1.165) is 12.0 Å². The molecule has 6 nitrogen and oxygen atoms in total. The van der Waals surface area contributed by atoms with Crippen molar-refractivity contribution >= 4 is 33.2 Å². The minimum Gasteiger partial charge on any atom is -0.476 e. The molecule has 1 aliphatic heterocycles. The number of carbonyl (C=O) groups excluding carboxylic acids is 1. The number of ether oxygens (including phenoxy) is 1. The van der Waals surface area contributed by atoms with Crippen molar-refractivity contribution < 1.29 is 17.9 Å². The van der Waals surface area contributed by atoms with Crippen molar-refractivity contribution in [3.8, 4) is 5.75 Å². The van der Waals surface area contributed by atoms with Crippen molar-refractivity contribution in [1.29, 1.82) is 0 Å². The van der Waals surface area contributed by atoms with Crippen LogP contribution in [0.3, 0.4) is 0 Å². The van der Waals surface area contributed by atoms with Gasteiger partial charge in [0.1, 0.15) is 5.75 Å². The van der Waals surface area contributed by atoms with Crippen molar-refractivity contribution in [2.45, 2.75) is 31.3 Å². The van der Waals surface area contributed by atoms with E-state index >= 15 is 0 Å². The number of fused-ring (bicyclic) bond motifs is 1. The molecule has 1 heterocycles. The molecule has 0 spiro atoms. The summed E-state index contributed by atoms with van der Waals surface area (Å²) in [6.07, 6.45) is -0.166. The molecule has 0 saturated heterocycles. The summed E-state index contributed by atoms with van der Waals surface area (Å²) >= 11 is 6.07. The number of carbonyl (C=O) groups is 1. The van der Waals surface area contributed by atoms with Crippen LogP contribution in [0.2, 0.25) is 5.02 Å². The van der Waals surface area contributed by atoms with Gasteiger partial charge < -0.3 is 10.1 Å². The summed E-state index contributed by atoms with van der Waals surface area (Å²) in [5.74, 6) is -0.0421. The fraction of sp³-hybridized carbons (Fsp3) is 0.316.